The monoisotopic (exact) mass is 325 g/mol. The first-order chi connectivity index (χ1) is 9.00. The number of rotatable bonds is 4. The van der Waals surface area contributed by atoms with E-state index in [2.05, 4.69) is 26.2 Å². The van der Waals surface area contributed by atoms with E-state index in [1.165, 1.54) is 6.20 Å². The van der Waals surface area contributed by atoms with Gasteiger partial charge in [0.2, 0.25) is 0 Å². The van der Waals surface area contributed by atoms with Gasteiger partial charge in [0.25, 0.3) is 5.69 Å². The third kappa shape index (κ3) is 2.76. The minimum absolute atomic E-state index is 0.0110. The number of aromatic nitrogens is 1. The third-order valence-corrected chi connectivity index (χ3v) is 3.73. The Morgan fingerprint density at radius 3 is 2.89 bits per heavy atom. The van der Waals surface area contributed by atoms with Crippen molar-refractivity contribution in [1.29, 1.82) is 0 Å². The average molecular weight is 326 g/mol. The molecule has 100 valence electrons. The zero-order chi connectivity index (χ0) is 14.0. The van der Waals surface area contributed by atoms with E-state index in [1.807, 2.05) is 13.0 Å². The molecule has 0 aliphatic rings. The van der Waals surface area contributed by atoms with Gasteiger partial charge >= 0.3 is 0 Å². The van der Waals surface area contributed by atoms with Crippen molar-refractivity contribution in [3.05, 3.63) is 50.5 Å². The van der Waals surface area contributed by atoms with E-state index in [0.29, 0.717) is 15.9 Å². The number of hydrogen-bond acceptors (Lipinski definition) is 5. The van der Waals surface area contributed by atoms with Gasteiger partial charge in [-0.3, -0.25) is 10.1 Å². The fourth-order valence-corrected chi connectivity index (χ4v) is 2.09. The summed E-state index contributed by atoms with van der Waals surface area (Å²) in [5.74, 6) is 1.32. The summed E-state index contributed by atoms with van der Waals surface area (Å²) in [6.07, 6.45) is 2.84. The van der Waals surface area contributed by atoms with Crippen LogP contribution < -0.4 is 5.32 Å². The molecule has 2 aromatic heterocycles. The van der Waals surface area contributed by atoms with Gasteiger partial charge in [-0.1, -0.05) is 0 Å². The number of furan rings is 1. The van der Waals surface area contributed by atoms with Gasteiger partial charge < -0.3 is 9.73 Å². The molecule has 0 amide bonds. The summed E-state index contributed by atoms with van der Waals surface area (Å²) in [5, 5.41) is 13.9. The molecule has 19 heavy (non-hydrogen) atoms. The van der Waals surface area contributed by atoms with Gasteiger partial charge in [-0.25, -0.2) is 4.98 Å². The summed E-state index contributed by atoms with van der Waals surface area (Å²) < 4.78 is 5.87. The Labute approximate surface area is 118 Å². The Morgan fingerprint density at radius 1 is 1.58 bits per heavy atom. The maximum absolute atomic E-state index is 10.8. The highest BCUT2D eigenvalue weighted by atomic mass is 79.9. The average Bonchev–Trinajstić information content (AvgIpc) is 2.88. The van der Waals surface area contributed by atoms with Gasteiger partial charge in [-0.2, -0.15) is 0 Å². The van der Waals surface area contributed by atoms with Crippen LogP contribution in [-0.4, -0.2) is 9.91 Å². The molecule has 0 saturated carbocycles. The Morgan fingerprint density at radius 2 is 2.32 bits per heavy atom. The van der Waals surface area contributed by atoms with Crippen molar-refractivity contribution < 1.29 is 9.34 Å². The molecule has 0 aromatic carbocycles. The van der Waals surface area contributed by atoms with Crippen LogP contribution in [0.2, 0.25) is 0 Å². The van der Waals surface area contributed by atoms with Crippen molar-refractivity contribution in [3.8, 4) is 0 Å². The summed E-state index contributed by atoms with van der Waals surface area (Å²) in [6, 6.07) is 3.57. The van der Waals surface area contributed by atoms with E-state index in [4.69, 9.17) is 4.42 Å². The van der Waals surface area contributed by atoms with E-state index < -0.39 is 4.92 Å². The number of nitro groups is 1. The van der Waals surface area contributed by atoms with Crippen molar-refractivity contribution in [1.82, 2.24) is 4.98 Å². The smallest absolute Gasteiger partial charge is 0.291 e. The normalized spacial score (nSPS) is 12.2. The molecule has 1 N–H and O–H groups in total. The fraction of sp³-hybridized carbons (Fsp3) is 0.250. The molecule has 0 spiro atoms. The van der Waals surface area contributed by atoms with Crippen LogP contribution in [0.1, 0.15) is 24.3 Å². The zero-order valence-corrected chi connectivity index (χ0v) is 12.0. The van der Waals surface area contributed by atoms with Crippen LogP contribution in [0.5, 0.6) is 0 Å². The number of nitrogens with zero attached hydrogens (tertiary/aromatic N) is 2. The summed E-state index contributed by atoms with van der Waals surface area (Å²) in [5.41, 5.74) is 0.525. The molecule has 0 saturated heterocycles. The molecule has 2 heterocycles. The molecule has 1 unspecified atom stereocenters. The topological polar surface area (TPSA) is 81.2 Å². The van der Waals surface area contributed by atoms with Crippen LogP contribution in [0.25, 0.3) is 0 Å². The molecule has 1 atom stereocenters. The highest BCUT2D eigenvalue weighted by Crippen LogP contribution is 2.32. The lowest BCUT2D eigenvalue weighted by Crippen LogP contribution is -2.08. The Hall–Kier alpha value is -1.89. The van der Waals surface area contributed by atoms with E-state index in [0.717, 1.165) is 5.76 Å². The van der Waals surface area contributed by atoms with Crippen LogP contribution >= 0.6 is 15.9 Å². The van der Waals surface area contributed by atoms with Gasteiger partial charge in [0.1, 0.15) is 17.8 Å². The molecule has 0 fully saturated rings. The highest BCUT2D eigenvalue weighted by Gasteiger charge is 2.18. The van der Waals surface area contributed by atoms with Crippen molar-refractivity contribution in [2.75, 3.05) is 5.32 Å². The van der Waals surface area contributed by atoms with Gasteiger partial charge in [-0.15, -0.1) is 0 Å². The number of halogens is 1. The molecular weight excluding hydrogens is 314 g/mol. The fourth-order valence-electron chi connectivity index (χ4n) is 1.67. The van der Waals surface area contributed by atoms with Crippen molar-refractivity contribution in [2.24, 2.45) is 0 Å². The first kappa shape index (κ1) is 13.5. The van der Waals surface area contributed by atoms with Crippen LogP contribution in [0.4, 0.5) is 11.5 Å². The molecule has 0 aliphatic carbocycles. The predicted molar refractivity (Wildman–Crippen MR) is 74.1 cm³/mol. The van der Waals surface area contributed by atoms with Crippen LogP contribution in [0.15, 0.2) is 33.5 Å². The molecule has 2 aromatic rings. The maximum atomic E-state index is 10.8. The predicted octanol–water partition coefficient (Wildman–Crippen LogP) is 3.83. The lowest BCUT2D eigenvalue weighted by atomic mass is 10.2. The highest BCUT2D eigenvalue weighted by molar-refractivity contribution is 9.10. The largest absolute Gasteiger partial charge is 0.467 e. The van der Waals surface area contributed by atoms with E-state index >= 15 is 0 Å². The minimum atomic E-state index is -0.452. The molecule has 0 radical (unpaired) electrons. The minimum Gasteiger partial charge on any atom is -0.467 e. The van der Waals surface area contributed by atoms with Gasteiger partial charge in [0, 0.05) is 5.56 Å². The molecule has 0 bridgehead atoms. The second kappa shape index (κ2) is 5.40. The van der Waals surface area contributed by atoms with Crippen molar-refractivity contribution in [3.63, 3.8) is 0 Å². The van der Waals surface area contributed by atoms with Gasteiger partial charge in [0.05, 0.1) is 21.7 Å². The Bertz CT molecular complexity index is 599. The lowest BCUT2D eigenvalue weighted by Gasteiger charge is -2.14. The standard InChI is InChI=1S/C12H12BrN3O3/c1-7-9(16(17)18)6-14-12(11(7)13)15-8(2)10-4-3-5-19-10/h3-6,8H,1-2H3,(H,14,15). The second-order valence-electron chi connectivity index (χ2n) is 4.07. The van der Waals surface area contributed by atoms with E-state index in [9.17, 15) is 10.1 Å². The van der Waals surface area contributed by atoms with Crippen molar-refractivity contribution in [2.45, 2.75) is 19.9 Å². The molecular formula is C12H12BrN3O3. The zero-order valence-electron chi connectivity index (χ0n) is 10.4. The number of hydrogen-bond donors (Lipinski definition) is 1. The van der Waals surface area contributed by atoms with Gasteiger partial charge in [0.15, 0.2) is 0 Å². The summed E-state index contributed by atoms with van der Waals surface area (Å²) in [6.45, 7) is 3.59. The van der Waals surface area contributed by atoms with Crippen LogP contribution in [0, 0.1) is 17.0 Å². The second-order valence-corrected chi connectivity index (χ2v) is 4.86. The Kier molecular flexibility index (Phi) is 3.84. The lowest BCUT2D eigenvalue weighted by molar-refractivity contribution is -0.385. The van der Waals surface area contributed by atoms with E-state index in [1.54, 1.807) is 19.3 Å². The SMILES string of the molecule is Cc1c([N+](=O)[O-])cnc(NC(C)c2ccco2)c1Br. The third-order valence-electron chi connectivity index (χ3n) is 2.76. The maximum Gasteiger partial charge on any atom is 0.291 e. The molecule has 0 aliphatic heterocycles. The molecule has 2 rings (SSSR count). The quantitative estimate of drug-likeness (QED) is 0.682. The molecule has 7 heteroatoms. The Balaban J connectivity index is 2.27. The first-order valence-corrected chi connectivity index (χ1v) is 6.39. The van der Waals surface area contributed by atoms with E-state index in [-0.39, 0.29) is 11.7 Å². The summed E-state index contributed by atoms with van der Waals surface area (Å²) in [4.78, 5) is 14.4. The number of anilines is 1. The summed E-state index contributed by atoms with van der Waals surface area (Å²) in [7, 11) is 0. The number of nitrogens with one attached hydrogen (secondary N) is 1. The van der Waals surface area contributed by atoms with Gasteiger partial charge in [-0.05, 0) is 41.9 Å². The first-order valence-electron chi connectivity index (χ1n) is 5.60. The van der Waals surface area contributed by atoms with Crippen LogP contribution in [0.3, 0.4) is 0 Å². The number of pyridine rings is 1. The molecule has 6 nitrogen and oxygen atoms in total. The van der Waals surface area contributed by atoms with Crippen LogP contribution in [-0.2, 0) is 0 Å². The van der Waals surface area contributed by atoms with Crippen molar-refractivity contribution >= 4 is 27.4 Å². The summed E-state index contributed by atoms with van der Waals surface area (Å²) >= 11 is 3.33.